The molecule has 7 nitrogen and oxygen atoms in total. The normalized spacial score (nSPS) is 10.7. The van der Waals surface area contributed by atoms with Crippen molar-refractivity contribution in [3.63, 3.8) is 0 Å². The molecule has 0 bridgehead atoms. The fourth-order valence-electron chi connectivity index (χ4n) is 1.67. The van der Waals surface area contributed by atoms with Crippen LogP contribution in [0, 0.1) is 21.4 Å². The van der Waals surface area contributed by atoms with Crippen LogP contribution in [-0.2, 0) is 9.53 Å². The number of anilines is 1. The molecule has 1 rings (SSSR count). The molecule has 0 amide bonds. The van der Waals surface area contributed by atoms with Gasteiger partial charge in [0.1, 0.15) is 17.3 Å². The van der Waals surface area contributed by atoms with E-state index in [2.05, 4.69) is 0 Å². The Morgan fingerprint density at radius 1 is 1.52 bits per heavy atom. The van der Waals surface area contributed by atoms with Gasteiger partial charge < -0.3 is 9.64 Å². The van der Waals surface area contributed by atoms with Crippen molar-refractivity contribution in [2.45, 2.75) is 6.92 Å². The van der Waals surface area contributed by atoms with E-state index >= 15 is 0 Å². The Kier molecular flexibility index (Phi) is 5.43. The SMILES string of the molecule is CCOC(=O)/C(C#N)=C/c1ccc(N(C)C)c([N+](=O)[O-])c1. The molecule has 0 heterocycles. The van der Waals surface area contributed by atoms with Crippen molar-refractivity contribution in [2.75, 3.05) is 25.6 Å². The van der Waals surface area contributed by atoms with Crippen LogP contribution in [0.4, 0.5) is 11.4 Å². The number of ether oxygens (including phenoxy) is 1. The van der Waals surface area contributed by atoms with Crippen LogP contribution in [0.3, 0.4) is 0 Å². The summed E-state index contributed by atoms with van der Waals surface area (Å²) in [6.45, 7) is 1.78. The van der Waals surface area contributed by atoms with Crippen LogP contribution in [-0.4, -0.2) is 31.6 Å². The molecule has 0 spiro atoms. The summed E-state index contributed by atoms with van der Waals surface area (Å²) < 4.78 is 4.73. The van der Waals surface area contributed by atoms with E-state index in [1.165, 1.54) is 12.1 Å². The standard InChI is InChI=1S/C14H15N3O4/c1-4-21-14(18)11(9-15)7-10-5-6-12(16(2)3)13(8-10)17(19)20/h5-8H,4H2,1-3H3/b11-7+. The summed E-state index contributed by atoms with van der Waals surface area (Å²) in [6.07, 6.45) is 1.27. The predicted octanol–water partition coefficient (Wildman–Crippen LogP) is 2.13. The fourth-order valence-corrected chi connectivity index (χ4v) is 1.67. The van der Waals surface area contributed by atoms with Gasteiger partial charge in [-0.2, -0.15) is 5.26 Å². The molecule has 0 saturated heterocycles. The number of nitriles is 1. The number of hydrogen-bond acceptors (Lipinski definition) is 6. The highest BCUT2D eigenvalue weighted by Crippen LogP contribution is 2.28. The molecule has 0 atom stereocenters. The summed E-state index contributed by atoms with van der Waals surface area (Å²) in [7, 11) is 3.38. The molecule has 1 aromatic rings. The summed E-state index contributed by atoms with van der Waals surface area (Å²) in [5, 5.41) is 20.0. The maximum atomic E-state index is 11.5. The third-order valence-corrected chi connectivity index (χ3v) is 2.60. The van der Waals surface area contributed by atoms with Crippen LogP contribution in [0.25, 0.3) is 6.08 Å². The van der Waals surface area contributed by atoms with Crippen LogP contribution >= 0.6 is 0 Å². The second-order valence-corrected chi connectivity index (χ2v) is 4.29. The van der Waals surface area contributed by atoms with Gasteiger partial charge in [-0.25, -0.2) is 4.79 Å². The molecule has 0 radical (unpaired) electrons. The fraction of sp³-hybridized carbons (Fsp3) is 0.286. The van der Waals surface area contributed by atoms with E-state index in [0.29, 0.717) is 11.3 Å². The maximum Gasteiger partial charge on any atom is 0.348 e. The van der Waals surface area contributed by atoms with Gasteiger partial charge in [-0.15, -0.1) is 0 Å². The van der Waals surface area contributed by atoms with Crippen molar-refractivity contribution < 1.29 is 14.5 Å². The lowest BCUT2D eigenvalue weighted by molar-refractivity contribution is -0.384. The molecular formula is C14H15N3O4. The summed E-state index contributed by atoms with van der Waals surface area (Å²) in [5.74, 6) is -0.751. The number of hydrogen-bond donors (Lipinski definition) is 0. The van der Waals surface area contributed by atoms with Crippen LogP contribution in [0.1, 0.15) is 12.5 Å². The zero-order chi connectivity index (χ0) is 16.0. The first-order valence-corrected chi connectivity index (χ1v) is 6.15. The summed E-state index contributed by atoms with van der Waals surface area (Å²) in [6, 6.07) is 6.19. The Hall–Kier alpha value is -2.88. The minimum Gasteiger partial charge on any atom is -0.462 e. The highest BCUT2D eigenvalue weighted by Gasteiger charge is 2.17. The minimum absolute atomic E-state index is 0.102. The van der Waals surface area contributed by atoms with Gasteiger partial charge in [-0.05, 0) is 24.6 Å². The Morgan fingerprint density at radius 2 is 2.19 bits per heavy atom. The molecule has 21 heavy (non-hydrogen) atoms. The van der Waals surface area contributed by atoms with Crippen LogP contribution in [0.2, 0.25) is 0 Å². The van der Waals surface area contributed by atoms with E-state index < -0.39 is 10.9 Å². The molecule has 0 aromatic heterocycles. The Labute approximate surface area is 122 Å². The summed E-state index contributed by atoms with van der Waals surface area (Å²) >= 11 is 0. The maximum absolute atomic E-state index is 11.5. The molecule has 0 aliphatic carbocycles. The van der Waals surface area contributed by atoms with Gasteiger partial charge in [0.25, 0.3) is 5.69 Å². The highest BCUT2D eigenvalue weighted by atomic mass is 16.6. The van der Waals surface area contributed by atoms with Gasteiger partial charge in [-0.1, -0.05) is 6.07 Å². The third-order valence-electron chi connectivity index (χ3n) is 2.60. The second kappa shape index (κ2) is 7.05. The molecule has 0 unspecified atom stereocenters. The number of carbonyl (C=O) groups excluding carboxylic acids is 1. The first kappa shape index (κ1) is 16.2. The minimum atomic E-state index is -0.751. The van der Waals surface area contributed by atoms with Crippen molar-refractivity contribution in [1.82, 2.24) is 0 Å². The zero-order valence-corrected chi connectivity index (χ0v) is 12.0. The van der Waals surface area contributed by atoms with Gasteiger partial charge in [0.15, 0.2) is 0 Å². The van der Waals surface area contributed by atoms with Gasteiger partial charge >= 0.3 is 5.97 Å². The summed E-state index contributed by atoms with van der Waals surface area (Å²) in [5.41, 5.74) is 0.516. The molecule has 0 aliphatic rings. The molecule has 110 valence electrons. The lowest BCUT2D eigenvalue weighted by Crippen LogP contribution is -2.11. The van der Waals surface area contributed by atoms with Crippen molar-refractivity contribution in [2.24, 2.45) is 0 Å². The molecule has 1 aromatic carbocycles. The lowest BCUT2D eigenvalue weighted by Gasteiger charge is -2.12. The van der Waals surface area contributed by atoms with Crippen molar-refractivity contribution >= 4 is 23.4 Å². The van der Waals surface area contributed by atoms with Gasteiger partial charge in [0, 0.05) is 20.2 Å². The first-order valence-electron chi connectivity index (χ1n) is 6.15. The Morgan fingerprint density at radius 3 is 2.67 bits per heavy atom. The second-order valence-electron chi connectivity index (χ2n) is 4.29. The first-order chi connectivity index (χ1) is 9.90. The number of nitro groups is 1. The van der Waals surface area contributed by atoms with Crippen molar-refractivity contribution in [3.8, 4) is 6.07 Å². The highest BCUT2D eigenvalue weighted by molar-refractivity contribution is 5.98. The topological polar surface area (TPSA) is 96.5 Å². The average molecular weight is 289 g/mol. The largest absolute Gasteiger partial charge is 0.462 e. The monoisotopic (exact) mass is 289 g/mol. The lowest BCUT2D eigenvalue weighted by atomic mass is 10.1. The summed E-state index contributed by atoms with van der Waals surface area (Å²) in [4.78, 5) is 23.7. The van der Waals surface area contributed by atoms with E-state index in [0.717, 1.165) is 0 Å². The average Bonchev–Trinajstić information content (AvgIpc) is 2.44. The Bertz CT molecular complexity index is 630. The van der Waals surface area contributed by atoms with E-state index in [1.807, 2.05) is 0 Å². The van der Waals surface area contributed by atoms with Gasteiger partial charge in [0.05, 0.1) is 11.5 Å². The van der Waals surface area contributed by atoms with Crippen molar-refractivity contribution in [1.29, 1.82) is 5.26 Å². The van der Waals surface area contributed by atoms with E-state index in [-0.39, 0.29) is 17.9 Å². The molecule has 0 N–H and O–H groups in total. The van der Waals surface area contributed by atoms with Crippen LogP contribution in [0.5, 0.6) is 0 Å². The Balaban J connectivity index is 3.26. The number of benzene rings is 1. The van der Waals surface area contributed by atoms with Crippen LogP contribution in [0.15, 0.2) is 23.8 Å². The molecule has 0 aliphatic heterocycles. The zero-order valence-electron chi connectivity index (χ0n) is 12.0. The molecule has 7 heteroatoms. The number of carbonyl (C=O) groups is 1. The molecular weight excluding hydrogens is 274 g/mol. The number of esters is 1. The quantitative estimate of drug-likeness (QED) is 0.271. The van der Waals surface area contributed by atoms with E-state index in [1.54, 1.807) is 44.1 Å². The number of nitrogens with zero attached hydrogens (tertiary/aromatic N) is 3. The third kappa shape index (κ3) is 4.04. The number of nitro benzene ring substituents is 1. The van der Waals surface area contributed by atoms with E-state index in [9.17, 15) is 14.9 Å². The molecule has 0 fully saturated rings. The smallest absolute Gasteiger partial charge is 0.348 e. The van der Waals surface area contributed by atoms with Crippen molar-refractivity contribution in [3.05, 3.63) is 39.4 Å². The van der Waals surface area contributed by atoms with Gasteiger partial charge in [-0.3, -0.25) is 10.1 Å². The van der Waals surface area contributed by atoms with E-state index in [4.69, 9.17) is 10.00 Å². The number of rotatable bonds is 5. The molecule has 0 saturated carbocycles. The predicted molar refractivity (Wildman–Crippen MR) is 77.6 cm³/mol. The van der Waals surface area contributed by atoms with Crippen LogP contribution < -0.4 is 4.90 Å². The van der Waals surface area contributed by atoms with Gasteiger partial charge in [0.2, 0.25) is 0 Å².